The maximum Gasteiger partial charge on any atom is 0.191 e. The number of ether oxygens (including phenoxy) is 1. The standard InChI is InChI=1S/C21H38N4O/c1-6-22-21(24-18(4)12-11-17-25(7-2)8-3)23-16-15-19-13-9-10-14-20(19)26-5/h9-10,13-14,18H,6-8,11-12,15-17H2,1-5H3,(H2,22,23,24). The van der Waals surface area contributed by atoms with Gasteiger partial charge in [-0.15, -0.1) is 0 Å². The summed E-state index contributed by atoms with van der Waals surface area (Å²) < 4.78 is 5.41. The van der Waals surface area contributed by atoms with Crippen LogP contribution in [0.4, 0.5) is 0 Å². The van der Waals surface area contributed by atoms with Gasteiger partial charge in [0, 0.05) is 19.1 Å². The highest BCUT2D eigenvalue weighted by molar-refractivity contribution is 5.80. The van der Waals surface area contributed by atoms with Crippen LogP contribution in [-0.4, -0.2) is 56.7 Å². The van der Waals surface area contributed by atoms with Gasteiger partial charge in [-0.25, -0.2) is 0 Å². The van der Waals surface area contributed by atoms with Crippen molar-refractivity contribution >= 4 is 5.96 Å². The summed E-state index contributed by atoms with van der Waals surface area (Å²) in [6.45, 7) is 13.8. The van der Waals surface area contributed by atoms with E-state index in [4.69, 9.17) is 9.73 Å². The second-order valence-corrected chi connectivity index (χ2v) is 6.54. The number of hydrogen-bond acceptors (Lipinski definition) is 3. The van der Waals surface area contributed by atoms with Gasteiger partial charge in [0.2, 0.25) is 0 Å². The summed E-state index contributed by atoms with van der Waals surface area (Å²) in [4.78, 5) is 7.20. The Labute approximate surface area is 160 Å². The summed E-state index contributed by atoms with van der Waals surface area (Å²) in [5.74, 6) is 1.84. The normalized spacial score (nSPS) is 12.9. The minimum absolute atomic E-state index is 0.412. The number of nitrogens with zero attached hydrogens (tertiary/aromatic N) is 2. The molecule has 5 heteroatoms. The van der Waals surface area contributed by atoms with Crippen LogP contribution >= 0.6 is 0 Å². The highest BCUT2D eigenvalue weighted by atomic mass is 16.5. The topological polar surface area (TPSA) is 48.9 Å². The molecule has 1 atom stereocenters. The first-order chi connectivity index (χ1) is 12.6. The summed E-state index contributed by atoms with van der Waals surface area (Å²) >= 11 is 0. The van der Waals surface area contributed by atoms with Crippen LogP contribution < -0.4 is 15.4 Å². The van der Waals surface area contributed by atoms with Crippen molar-refractivity contribution in [1.29, 1.82) is 0 Å². The molecular weight excluding hydrogens is 324 g/mol. The average molecular weight is 363 g/mol. The van der Waals surface area contributed by atoms with E-state index in [2.05, 4.69) is 49.3 Å². The molecule has 1 aromatic rings. The number of aliphatic imine (C=N–C) groups is 1. The molecule has 26 heavy (non-hydrogen) atoms. The summed E-state index contributed by atoms with van der Waals surface area (Å²) in [6, 6.07) is 8.56. The Hall–Kier alpha value is -1.75. The SMILES string of the molecule is CCNC(=NCCc1ccccc1OC)NC(C)CCCN(CC)CC. The molecule has 0 aromatic heterocycles. The Morgan fingerprint density at radius 2 is 1.92 bits per heavy atom. The van der Waals surface area contributed by atoms with Crippen molar-refractivity contribution in [3.8, 4) is 5.75 Å². The molecule has 5 nitrogen and oxygen atoms in total. The van der Waals surface area contributed by atoms with Crippen LogP contribution in [0, 0.1) is 0 Å². The molecule has 2 N–H and O–H groups in total. The second-order valence-electron chi connectivity index (χ2n) is 6.54. The summed E-state index contributed by atoms with van der Waals surface area (Å²) in [5.41, 5.74) is 1.20. The largest absolute Gasteiger partial charge is 0.496 e. The zero-order valence-corrected chi connectivity index (χ0v) is 17.3. The average Bonchev–Trinajstić information content (AvgIpc) is 2.65. The van der Waals surface area contributed by atoms with Crippen LogP contribution in [0.3, 0.4) is 0 Å². The zero-order chi connectivity index (χ0) is 19.2. The monoisotopic (exact) mass is 362 g/mol. The molecule has 1 rings (SSSR count). The number of benzene rings is 1. The van der Waals surface area contributed by atoms with Crippen molar-refractivity contribution in [2.45, 2.75) is 53.0 Å². The van der Waals surface area contributed by atoms with Crippen molar-refractivity contribution in [2.24, 2.45) is 4.99 Å². The Morgan fingerprint density at radius 1 is 1.19 bits per heavy atom. The lowest BCUT2D eigenvalue weighted by Gasteiger charge is -2.21. The molecule has 0 spiro atoms. The van der Waals surface area contributed by atoms with Gasteiger partial charge in [-0.05, 0) is 64.4 Å². The van der Waals surface area contributed by atoms with Gasteiger partial charge in [-0.3, -0.25) is 4.99 Å². The first-order valence-corrected chi connectivity index (χ1v) is 10.0. The molecule has 0 saturated carbocycles. The third-order valence-electron chi connectivity index (χ3n) is 4.58. The first kappa shape index (κ1) is 22.3. The maximum atomic E-state index is 5.41. The lowest BCUT2D eigenvalue weighted by molar-refractivity contribution is 0.292. The third-order valence-corrected chi connectivity index (χ3v) is 4.58. The van der Waals surface area contributed by atoms with Gasteiger partial charge in [0.15, 0.2) is 5.96 Å². The molecule has 0 aliphatic carbocycles. The fraction of sp³-hybridized carbons (Fsp3) is 0.667. The highest BCUT2D eigenvalue weighted by Crippen LogP contribution is 2.17. The van der Waals surface area contributed by atoms with Crippen molar-refractivity contribution < 1.29 is 4.74 Å². The molecule has 0 aliphatic rings. The van der Waals surface area contributed by atoms with Crippen molar-refractivity contribution in [3.63, 3.8) is 0 Å². The van der Waals surface area contributed by atoms with Gasteiger partial charge in [0.25, 0.3) is 0 Å². The smallest absolute Gasteiger partial charge is 0.191 e. The van der Waals surface area contributed by atoms with Crippen molar-refractivity contribution in [3.05, 3.63) is 29.8 Å². The third kappa shape index (κ3) is 8.56. The van der Waals surface area contributed by atoms with Gasteiger partial charge in [-0.1, -0.05) is 32.0 Å². The quantitative estimate of drug-likeness (QED) is 0.442. The molecule has 1 aromatic carbocycles. The van der Waals surface area contributed by atoms with Gasteiger partial charge in [0.05, 0.1) is 7.11 Å². The van der Waals surface area contributed by atoms with Crippen LogP contribution in [0.2, 0.25) is 0 Å². The molecule has 0 radical (unpaired) electrons. The molecule has 0 heterocycles. The van der Waals surface area contributed by atoms with Gasteiger partial charge in [0.1, 0.15) is 5.75 Å². The predicted octanol–water partition coefficient (Wildman–Crippen LogP) is 3.30. The van der Waals surface area contributed by atoms with E-state index in [0.717, 1.165) is 50.7 Å². The Bertz CT molecular complexity index is 514. The molecule has 0 fully saturated rings. The maximum absolute atomic E-state index is 5.41. The zero-order valence-electron chi connectivity index (χ0n) is 17.3. The van der Waals surface area contributed by atoms with Crippen molar-refractivity contribution in [2.75, 3.05) is 39.8 Å². The summed E-state index contributed by atoms with van der Waals surface area (Å²) in [6.07, 6.45) is 3.22. The second kappa shape index (κ2) is 13.5. The van der Waals surface area contributed by atoms with Gasteiger partial charge >= 0.3 is 0 Å². The Balaban J connectivity index is 2.47. The van der Waals surface area contributed by atoms with Crippen LogP contribution in [0.5, 0.6) is 5.75 Å². The fourth-order valence-corrected chi connectivity index (χ4v) is 2.98. The predicted molar refractivity (Wildman–Crippen MR) is 112 cm³/mol. The van der Waals surface area contributed by atoms with E-state index in [0.29, 0.717) is 6.04 Å². The number of nitrogens with one attached hydrogen (secondary N) is 2. The van der Waals surface area contributed by atoms with Crippen LogP contribution in [0.15, 0.2) is 29.3 Å². The van der Waals surface area contributed by atoms with E-state index < -0.39 is 0 Å². The first-order valence-electron chi connectivity index (χ1n) is 10.0. The van der Waals surface area contributed by atoms with Crippen LogP contribution in [0.25, 0.3) is 0 Å². The summed E-state index contributed by atoms with van der Waals surface area (Å²) in [5, 5.41) is 6.88. The molecule has 0 aliphatic heterocycles. The molecule has 0 amide bonds. The van der Waals surface area contributed by atoms with E-state index in [1.54, 1.807) is 7.11 Å². The summed E-state index contributed by atoms with van der Waals surface area (Å²) in [7, 11) is 1.72. The minimum Gasteiger partial charge on any atom is -0.496 e. The van der Waals surface area contributed by atoms with Gasteiger partial charge < -0.3 is 20.3 Å². The number of methoxy groups -OCH3 is 1. The van der Waals surface area contributed by atoms with E-state index in [9.17, 15) is 0 Å². The number of para-hydroxylation sites is 1. The number of guanidine groups is 1. The highest BCUT2D eigenvalue weighted by Gasteiger charge is 2.07. The lowest BCUT2D eigenvalue weighted by Crippen LogP contribution is -2.42. The van der Waals surface area contributed by atoms with Gasteiger partial charge in [-0.2, -0.15) is 0 Å². The van der Waals surface area contributed by atoms with E-state index in [-0.39, 0.29) is 0 Å². The molecule has 1 unspecified atom stereocenters. The molecule has 0 bridgehead atoms. The van der Waals surface area contributed by atoms with Crippen molar-refractivity contribution in [1.82, 2.24) is 15.5 Å². The lowest BCUT2D eigenvalue weighted by atomic mass is 10.1. The van der Waals surface area contributed by atoms with Crippen LogP contribution in [0.1, 0.15) is 46.1 Å². The van der Waals surface area contributed by atoms with E-state index in [1.807, 2.05) is 18.2 Å². The fourth-order valence-electron chi connectivity index (χ4n) is 2.98. The minimum atomic E-state index is 0.412. The van der Waals surface area contributed by atoms with E-state index >= 15 is 0 Å². The Kier molecular flexibility index (Phi) is 11.5. The van der Waals surface area contributed by atoms with Crippen LogP contribution in [-0.2, 0) is 6.42 Å². The molecular formula is C21H38N4O. The van der Waals surface area contributed by atoms with E-state index in [1.165, 1.54) is 18.5 Å². The molecule has 148 valence electrons. The Morgan fingerprint density at radius 3 is 2.58 bits per heavy atom. The number of rotatable bonds is 12. The molecule has 0 saturated heterocycles. The number of hydrogen-bond donors (Lipinski definition) is 2.